The van der Waals surface area contributed by atoms with Crippen molar-refractivity contribution in [1.29, 1.82) is 0 Å². The van der Waals surface area contributed by atoms with Crippen LogP contribution in [0.15, 0.2) is 6.33 Å². The van der Waals surface area contributed by atoms with Crippen LogP contribution in [-0.4, -0.2) is 25.4 Å². The van der Waals surface area contributed by atoms with Gasteiger partial charge >= 0.3 is 0 Å². The Morgan fingerprint density at radius 2 is 1.95 bits per heavy atom. The molecule has 1 aliphatic carbocycles. The summed E-state index contributed by atoms with van der Waals surface area (Å²) >= 11 is 7.53. The highest BCUT2D eigenvalue weighted by Crippen LogP contribution is 2.44. The van der Waals surface area contributed by atoms with E-state index in [1.807, 2.05) is 0 Å². The zero-order chi connectivity index (χ0) is 13.9. The van der Waals surface area contributed by atoms with Crippen LogP contribution in [0.3, 0.4) is 0 Å². The van der Waals surface area contributed by atoms with Crippen molar-refractivity contribution < 1.29 is 0 Å². The van der Waals surface area contributed by atoms with Crippen LogP contribution in [0.1, 0.15) is 51.4 Å². The Balaban J connectivity index is 2.22. The smallest absolute Gasteiger partial charge is 0.138 e. The number of aromatic nitrogens is 3. The molecule has 1 aliphatic rings. The molecule has 5 heteroatoms. The highest BCUT2D eigenvalue weighted by Gasteiger charge is 2.39. The van der Waals surface area contributed by atoms with E-state index in [9.17, 15) is 0 Å². The van der Waals surface area contributed by atoms with Gasteiger partial charge in [-0.15, -0.1) is 0 Å². The van der Waals surface area contributed by atoms with Crippen LogP contribution in [0, 0.1) is 11.3 Å². The standard InChI is InChI=1S/C14H23Br2N3/c1-11(2)19-13(17-10-18-19)7-14(8-15,9-16)12-5-3-4-6-12/h10-12H,3-9H2,1-2H3. The SMILES string of the molecule is CC(C)n1ncnc1CC(CBr)(CBr)C1CCCC1. The maximum atomic E-state index is 4.50. The Morgan fingerprint density at radius 1 is 1.32 bits per heavy atom. The first-order chi connectivity index (χ1) is 9.13. The first kappa shape index (κ1) is 15.5. The van der Waals surface area contributed by atoms with E-state index in [4.69, 9.17) is 0 Å². The summed E-state index contributed by atoms with van der Waals surface area (Å²) in [6.07, 6.45) is 8.16. The second kappa shape index (κ2) is 6.70. The molecule has 0 spiro atoms. The fourth-order valence-corrected chi connectivity index (χ4v) is 5.42. The van der Waals surface area contributed by atoms with Crippen molar-refractivity contribution >= 4 is 31.9 Å². The van der Waals surface area contributed by atoms with Crippen LogP contribution in [-0.2, 0) is 6.42 Å². The predicted molar refractivity (Wildman–Crippen MR) is 86.1 cm³/mol. The largest absolute Gasteiger partial charge is 0.248 e. The third-order valence-electron chi connectivity index (χ3n) is 4.40. The van der Waals surface area contributed by atoms with Gasteiger partial charge in [0.2, 0.25) is 0 Å². The molecule has 0 unspecified atom stereocenters. The second-order valence-corrected chi connectivity index (χ2v) is 7.12. The van der Waals surface area contributed by atoms with E-state index in [0.717, 1.165) is 28.8 Å². The fraction of sp³-hybridized carbons (Fsp3) is 0.857. The number of halogens is 2. The van der Waals surface area contributed by atoms with Gasteiger partial charge in [-0.3, -0.25) is 0 Å². The van der Waals surface area contributed by atoms with Gasteiger partial charge in [0.05, 0.1) is 0 Å². The number of nitrogens with zero attached hydrogens (tertiary/aromatic N) is 3. The average molecular weight is 393 g/mol. The van der Waals surface area contributed by atoms with Crippen LogP contribution < -0.4 is 0 Å². The lowest BCUT2D eigenvalue weighted by atomic mass is 9.75. The molecular weight excluding hydrogens is 370 g/mol. The Kier molecular flexibility index (Phi) is 5.46. The zero-order valence-corrected chi connectivity index (χ0v) is 15.0. The molecule has 1 fully saturated rings. The quantitative estimate of drug-likeness (QED) is 0.673. The average Bonchev–Trinajstić information content (AvgIpc) is 3.07. The number of hydrogen-bond donors (Lipinski definition) is 0. The summed E-state index contributed by atoms with van der Waals surface area (Å²) in [5.74, 6) is 1.92. The van der Waals surface area contributed by atoms with E-state index < -0.39 is 0 Å². The second-order valence-electron chi connectivity index (χ2n) is 6.00. The minimum Gasteiger partial charge on any atom is -0.248 e. The number of hydrogen-bond acceptors (Lipinski definition) is 2. The molecule has 0 saturated heterocycles. The predicted octanol–water partition coefficient (Wildman–Crippen LogP) is 4.37. The van der Waals surface area contributed by atoms with Crippen molar-refractivity contribution in [2.24, 2.45) is 11.3 Å². The Bertz CT molecular complexity index is 393. The lowest BCUT2D eigenvalue weighted by molar-refractivity contribution is 0.224. The molecule has 1 saturated carbocycles. The molecule has 1 aromatic rings. The molecule has 0 N–H and O–H groups in total. The van der Waals surface area contributed by atoms with Crippen LogP contribution in [0.4, 0.5) is 0 Å². The van der Waals surface area contributed by atoms with E-state index in [1.54, 1.807) is 6.33 Å². The molecule has 3 nitrogen and oxygen atoms in total. The third kappa shape index (κ3) is 3.23. The van der Waals surface area contributed by atoms with E-state index in [1.165, 1.54) is 25.7 Å². The van der Waals surface area contributed by atoms with Crippen molar-refractivity contribution in [1.82, 2.24) is 14.8 Å². The Morgan fingerprint density at radius 3 is 2.47 bits per heavy atom. The van der Waals surface area contributed by atoms with Crippen LogP contribution >= 0.6 is 31.9 Å². The first-order valence-corrected chi connectivity index (χ1v) is 9.37. The van der Waals surface area contributed by atoms with Gasteiger partial charge in [-0.1, -0.05) is 44.7 Å². The topological polar surface area (TPSA) is 30.7 Å². The minimum atomic E-state index is 0.274. The van der Waals surface area contributed by atoms with Gasteiger partial charge in [-0.05, 0) is 38.0 Å². The lowest BCUT2D eigenvalue weighted by Crippen LogP contribution is -2.36. The maximum Gasteiger partial charge on any atom is 0.138 e. The number of alkyl halides is 2. The van der Waals surface area contributed by atoms with Crippen LogP contribution in [0.2, 0.25) is 0 Å². The fourth-order valence-electron chi connectivity index (χ4n) is 3.18. The summed E-state index contributed by atoms with van der Waals surface area (Å²) < 4.78 is 2.06. The van der Waals surface area contributed by atoms with Crippen LogP contribution in [0.25, 0.3) is 0 Å². The van der Waals surface area contributed by atoms with Gasteiger partial charge in [-0.25, -0.2) is 9.67 Å². The molecule has 1 aromatic heterocycles. The first-order valence-electron chi connectivity index (χ1n) is 7.13. The molecule has 0 aliphatic heterocycles. The molecule has 0 bridgehead atoms. The monoisotopic (exact) mass is 391 g/mol. The summed E-state index contributed by atoms with van der Waals surface area (Å²) in [5.41, 5.74) is 0.274. The normalized spacial score (nSPS) is 17.5. The molecule has 2 rings (SSSR count). The molecule has 0 amide bonds. The van der Waals surface area contributed by atoms with Gasteiger partial charge in [0.1, 0.15) is 12.2 Å². The van der Waals surface area contributed by atoms with Crippen molar-refractivity contribution in [3.05, 3.63) is 12.2 Å². The molecule has 108 valence electrons. The van der Waals surface area contributed by atoms with Gasteiger partial charge < -0.3 is 0 Å². The highest BCUT2D eigenvalue weighted by atomic mass is 79.9. The number of rotatable bonds is 6. The van der Waals surface area contributed by atoms with Gasteiger partial charge in [0.15, 0.2) is 0 Å². The van der Waals surface area contributed by atoms with E-state index in [2.05, 4.69) is 60.5 Å². The summed E-state index contributed by atoms with van der Waals surface area (Å²) in [6, 6.07) is 0.379. The van der Waals surface area contributed by atoms with E-state index in [0.29, 0.717) is 6.04 Å². The van der Waals surface area contributed by atoms with Gasteiger partial charge in [-0.2, -0.15) is 5.10 Å². The highest BCUT2D eigenvalue weighted by molar-refractivity contribution is 9.09. The molecule has 1 heterocycles. The van der Waals surface area contributed by atoms with Crippen molar-refractivity contribution in [3.63, 3.8) is 0 Å². The molecular formula is C14H23Br2N3. The summed E-state index contributed by atoms with van der Waals surface area (Å²) in [7, 11) is 0. The minimum absolute atomic E-state index is 0.274. The van der Waals surface area contributed by atoms with Gasteiger partial charge in [0.25, 0.3) is 0 Å². The van der Waals surface area contributed by atoms with Crippen LogP contribution in [0.5, 0.6) is 0 Å². The summed E-state index contributed by atoms with van der Waals surface area (Å²) in [5, 5.41) is 6.43. The van der Waals surface area contributed by atoms with Crippen molar-refractivity contribution in [3.8, 4) is 0 Å². The Hall–Kier alpha value is 0.100. The molecule has 0 radical (unpaired) electrons. The summed E-state index contributed by atoms with van der Waals surface area (Å²) in [6.45, 7) is 4.33. The van der Waals surface area contributed by atoms with E-state index in [-0.39, 0.29) is 5.41 Å². The molecule has 0 aromatic carbocycles. The molecule has 0 atom stereocenters. The lowest BCUT2D eigenvalue weighted by Gasteiger charge is -2.36. The van der Waals surface area contributed by atoms with Crippen molar-refractivity contribution in [2.75, 3.05) is 10.7 Å². The third-order valence-corrected chi connectivity index (χ3v) is 6.63. The van der Waals surface area contributed by atoms with Crippen molar-refractivity contribution in [2.45, 2.75) is 52.0 Å². The zero-order valence-electron chi connectivity index (χ0n) is 11.8. The maximum absolute atomic E-state index is 4.50. The van der Waals surface area contributed by atoms with E-state index >= 15 is 0 Å². The molecule has 19 heavy (non-hydrogen) atoms. The summed E-state index contributed by atoms with van der Waals surface area (Å²) in [4.78, 5) is 4.50. The Labute approximate surface area is 132 Å². The van der Waals surface area contributed by atoms with Gasteiger partial charge in [0, 0.05) is 23.1 Å².